The number of sulfone groups is 1. The molecule has 0 saturated carbocycles. The molecule has 0 spiro atoms. The van der Waals surface area contributed by atoms with E-state index in [4.69, 9.17) is 5.73 Å². The minimum absolute atomic E-state index is 0.101. The van der Waals surface area contributed by atoms with Crippen molar-refractivity contribution in [1.82, 2.24) is 4.90 Å². The highest BCUT2D eigenvalue weighted by molar-refractivity contribution is 7.91. The van der Waals surface area contributed by atoms with Crippen LogP contribution in [0, 0.1) is 0 Å². The Hall–Kier alpha value is -0.130. The van der Waals surface area contributed by atoms with Crippen molar-refractivity contribution in [3.63, 3.8) is 0 Å². The highest BCUT2D eigenvalue weighted by atomic mass is 32.2. The van der Waals surface area contributed by atoms with Gasteiger partial charge in [-0.05, 0) is 6.92 Å². The first-order chi connectivity index (χ1) is 5.85. The van der Waals surface area contributed by atoms with Gasteiger partial charge in [-0.25, -0.2) is 8.42 Å². The van der Waals surface area contributed by atoms with Crippen molar-refractivity contribution in [2.75, 3.05) is 31.1 Å². The summed E-state index contributed by atoms with van der Waals surface area (Å²) in [7, 11) is -2.81. The third kappa shape index (κ3) is 3.25. The first kappa shape index (κ1) is 10.9. The maximum Gasteiger partial charge on any atom is 0.151 e. The van der Waals surface area contributed by atoms with Gasteiger partial charge in [0.25, 0.3) is 0 Å². The molecule has 1 aliphatic heterocycles. The Morgan fingerprint density at radius 3 is 2.38 bits per heavy atom. The number of rotatable bonds is 4. The molecule has 78 valence electrons. The molecule has 13 heavy (non-hydrogen) atoms. The summed E-state index contributed by atoms with van der Waals surface area (Å²) in [4.78, 5) is 2.08. The molecule has 0 aliphatic carbocycles. The van der Waals surface area contributed by atoms with Gasteiger partial charge in [-0.3, -0.25) is 4.90 Å². The van der Waals surface area contributed by atoms with Gasteiger partial charge in [0.2, 0.25) is 0 Å². The van der Waals surface area contributed by atoms with Gasteiger partial charge in [0.15, 0.2) is 9.84 Å². The van der Waals surface area contributed by atoms with Crippen molar-refractivity contribution >= 4 is 9.84 Å². The smallest absolute Gasteiger partial charge is 0.151 e. The Bertz CT molecular complexity index is 264. The van der Waals surface area contributed by atoms with E-state index in [-0.39, 0.29) is 17.0 Å². The lowest BCUT2D eigenvalue weighted by Crippen LogP contribution is -2.65. The molecule has 0 amide bonds. The number of nitrogens with two attached hydrogens (primary N) is 1. The molecule has 0 unspecified atom stereocenters. The predicted molar refractivity (Wildman–Crippen MR) is 53.4 cm³/mol. The lowest BCUT2D eigenvalue weighted by Gasteiger charge is -2.45. The second-order valence-corrected chi connectivity index (χ2v) is 6.57. The minimum Gasteiger partial charge on any atom is -0.323 e. The van der Waals surface area contributed by atoms with Crippen molar-refractivity contribution < 1.29 is 8.42 Å². The van der Waals surface area contributed by atoms with Crippen LogP contribution in [-0.2, 0) is 9.84 Å². The minimum atomic E-state index is -2.81. The third-order valence-electron chi connectivity index (χ3n) is 2.33. The molecule has 0 aromatic heterocycles. The highest BCUT2D eigenvalue weighted by Gasteiger charge is 2.34. The van der Waals surface area contributed by atoms with Crippen molar-refractivity contribution in [3.8, 4) is 0 Å². The highest BCUT2D eigenvalue weighted by Crippen LogP contribution is 2.16. The second kappa shape index (κ2) is 3.55. The van der Waals surface area contributed by atoms with E-state index in [1.54, 1.807) is 6.92 Å². The van der Waals surface area contributed by atoms with Crippen LogP contribution in [-0.4, -0.2) is 50.0 Å². The fourth-order valence-electron chi connectivity index (χ4n) is 1.55. The summed E-state index contributed by atoms with van der Waals surface area (Å²) in [5.74, 6) is 0.500. The second-order valence-electron chi connectivity index (χ2n) is 4.10. The van der Waals surface area contributed by atoms with E-state index < -0.39 is 9.84 Å². The third-order valence-corrected chi connectivity index (χ3v) is 4.01. The van der Waals surface area contributed by atoms with Gasteiger partial charge < -0.3 is 5.73 Å². The number of hydrogen-bond donors (Lipinski definition) is 1. The quantitative estimate of drug-likeness (QED) is 0.670. The average Bonchev–Trinajstić information content (AvgIpc) is 1.97. The molecule has 1 saturated heterocycles. The van der Waals surface area contributed by atoms with Gasteiger partial charge in [0.05, 0.1) is 5.75 Å². The van der Waals surface area contributed by atoms with Crippen LogP contribution in [0.3, 0.4) is 0 Å². The lowest BCUT2D eigenvalue weighted by atomic mass is 9.94. The monoisotopic (exact) mass is 206 g/mol. The Morgan fingerprint density at radius 2 is 2.00 bits per heavy atom. The van der Waals surface area contributed by atoms with Crippen LogP contribution in [0.4, 0.5) is 0 Å². The molecule has 0 aromatic carbocycles. The summed E-state index contributed by atoms with van der Waals surface area (Å²) in [5, 5.41) is 0. The largest absolute Gasteiger partial charge is 0.323 e. The standard InChI is InChI=1S/C8H18N2O2S/c1-3-13(11,12)5-4-10-6-8(2,9)7-10/h3-7,9H2,1-2H3. The van der Waals surface area contributed by atoms with Gasteiger partial charge in [0, 0.05) is 30.9 Å². The normalized spacial score (nSPS) is 22.7. The molecule has 1 rings (SSSR count). The van der Waals surface area contributed by atoms with Gasteiger partial charge in [0.1, 0.15) is 0 Å². The first-order valence-electron chi connectivity index (χ1n) is 4.56. The van der Waals surface area contributed by atoms with Gasteiger partial charge in [-0.15, -0.1) is 0 Å². The van der Waals surface area contributed by atoms with E-state index >= 15 is 0 Å². The maximum atomic E-state index is 11.1. The van der Waals surface area contributed by atoms with E-state index in [9.17, 15) is 8.42 Å². The van der Waals surface area contributed by atoms with Crippen LogP contribution < -0.4 is 5.73 Å². The van der Waals surface area contributed by atoms with Crippen LogP contribution in [0.1, 0.15) is 13.8 Å². The molecular weight excluding hydrogens is 188 g/mol. The Morgan fingerprint density at radius 1 is 1.46 bits per heavy atom. The molecule has 5 heteroatoms. The SMILES string of the molecule is CCS(=O)(=O)CCN1CC(C)(N)C1. The van der Waals surface area contributed by atoms with Crippen molar-refractivity contribution in [2.45, 2.75) is 19.4 Å². The fourth-order valence-corrected chi connectivity index (χ4v) is 2.37. The average molecular weight is 206 g/mol. The topological polar surface area (TPSA) is 63.4 Å². The zero-order valence-electron chi connectivity index (χ0n) is 8.28. The Kier molecular flexibility index (Phi) is 2.99. The van der Waals surface area contributed by atoms with E-state index in [0.717, 1.165) is 13.1 Å². The molecule has 0 bridgehead atoms. The van der Waals surface area contributed by atoms with E-state index in [2.05, 4.69) is 4.90 Å². The summed E-state index contributed by atoms with van der Waals surface area (Å²) in [6.07, 6.45) is 0. The van der Waals surface area contributed by atoms with E-state index in [0.29, 0.717) is 6.54 Å². The predicted octanol–water partition coefficient (Wildman–Crippen LogP) is -0.546. The summed E-state index contributed by atoms with van der Waals surface area (Å²) in [5.41, 5.74) is 5.69. The molecule has 1 heterocycles. The van der Waals surface area contributed by atoms with Crippen LogP contribution in [0.2, 0.25) is 0 Å². The zero-order chi connectivity index (χ0) is 10.1. The van der Waals surface area contributed by atoms with Crippen LogP contribution >= 0.6 is 0 Å². The molecule has 2 N–H and O–H groups in total. The van der Waals surface area contributed by atoms with E-state index in [1.165, 1.54) is 0 Å². The summed E-state index contributed by atoms with van der Waals surface area (Å²) in [6.45, 7) is 5.91. The van der Waals surface area contributed by atoms with Crippen LogP contribution in [0.15, 0.2) is 0 Å². The van der Waals surface area contributed by atoms with Crippen molar-refractivity contribution in [2.24, 2.45) is 5.73 Å². The maximum absolute atomic E-state index is 11.1. The molecule has 0 radical (unpaired) electrons. The zero-order valence-corrected chi connectivity index (χ0v) is 9.10. The Balaban J connectivity index is 2.23. The van der Waals surface area contributed by atoms with Gasteiger partial charge in [-0.2, -0.15) is 0 Å². The first-order valence-corrected chi connectivity index (χ1v) is 6.38. The number of nitrogens with zero attached hydrogens (tertiary/aromatic N) is 1. The number of hydrogen-bond acceptors (Lipinski definition) is 4. The van der Waals surface area contributed by atoms with Gasteiger partial charge in [-0.1, -0.05) is 6.92 Å². The summed E-state index contributed by atoms with van der Waals surface area (Å²) in [6, 6.07) is 0. The van der Waals surface area contributed by atoms with Crippen molar-refractivity contribution in [3.05, 3.63) is 0 Å². The molecule has 1 fully saturated rings. The molecule has 4 nitrogen and oxygen atoms in total. The molecule has 1 aliphatic rings. The summed E-state index contributed by atoms with van der Waals surface area (Å²) >= 11 is 0. The van der Waals surface area contributed by atoms with Crippen LogP contribution in [0.25, 0.3) is 0 Å². The fraction of sp³-hybridized carbons (Fsp3) is 1.00. The van der Waals surface area contributed by atoms with E-state index in [1.807, 2.05) is 6.92 Å². The molecule has 0 aromatic rings. The Labute approximate surface area is 80.0 Å². The molecule has 0 atom stereocenters. The number of likely N-dealkylation sites (tertiary alicyclic amines) is 1. The van der Waals surface area contributed by atoms with Crippen LogP contribution in [0.5, 0.6) is 0 Å². The lowest BCUT2D eigenvalue weighted by molar-refractivity contribution is 0.0913. The van der Waals surface area contributed by atoms with Crippen molar-refractivity contribution in [1.29, 1.82) is 0 Å². The summed E-state index contributed by atoms with van der Waals surface area (Å²) < 4.78 is 22.3. The van der Waals surface area contributed by atoms with Gasteiger partial charge >= 0.3 is 0 Å². The molecular formula is C8H18N2O2S.